The Labute approximate surface area is 143 Å². The minimum atomic E-state index is -0.336. The van der Waals surface area contributed by atoms with Gasteiger partial charge in [0.15, 0.2) is 0 Å². The monoisotopic (exact) mass is 326 g/mol. The molecule has 1 N–H and O–H groups in total. The van der Waals surface area contributed by atoms with Crippen LogP contribution in [0.25, 0.3) is 0 Å². The Bertz CT molecular complexity index is 704. The minimum Gasteiger partial charge on any atom is -0.335 e. The fourth-order valence-corrected chi connectivity index (χ4v) is 4.56. The van der Waals surface area contributed by atoms with Crippen LogP contribution in [0.15, 0.2) is 6.07 Å². The molecule has 5 heteroatoms. The molecule has 0 radical (unpaired) electrons. The van der Waals surface area contributed by atoms with Crippen LogP contribution in [-0.4, -0.2) is 27.5 Å². The van der Waals surface area contributed by atoms with Gasteiger partial charge in [0, 0.05) is 23.5 Å². The molecule has 5 nitrogen and oxygen atoms in total. The molecule has 1 aliphatic heterocycles. The number of amides is 1. The molecular formula is C19H26N4O. The van der Waals surface area contributed by atoms with Crippen molar-refractivity contribution in [3.8, 4) is 6.07 Å². The lowest BCUT2D eigenvalue weighted by Crippen LogP contribution is -2.44. The molecule has 0 aromatic carbocycles. The van der Waals surface area contributed by atoms with Gasteiger partial charge in [-0.05, 0) is 51.5 Å². The van der Waals surface area contributed by atoms with E-state index in [1.165, 1.54) is 18.4 Å². The highest BCUT2D eigenvalue weighted by Crippen LogP contribution is 2.44. The van der Waals surface area contributed by atoms with Crippen LogP contribution >= 0.6 is 0 Å². The van der Waals surface area contributed by atoms with Crippen molar-refractivity contribution in [2.75, 3.05) is 6.54 Å². The van der Waals surface area contributed by atoms with Crippen molar-refractivity contribution in [2.24, 2.45) is 5.92 Å². The van der Waals surface area contributed by atoms with Gasteiger partial charge in [-0.2, -0.15) is 5.26 Å². The lowest BCUT2D eigenvalue weighted by atomic mass is 9.98. The molecule has 2 aliphatic carbocycles. The van der Waals surface area contributed by atoms with E-state index in [2.05, 4.69) is 33.8 Å². The van der Waals surface area contributed by atoms with Crippen molar-refractivity contribution < 1.29 is 4.79 Å². The van der Waals surface area contributed by atoms with Crippen LogP contribution in [0.2, 0.25) is 0 Å². The highest BCUT2D eigenvalue weighted by atomic mass is 16.2. The van der Waals surface area contributed by atoms with Crippen LogP contribution < -0.4 is 5.32 Å². The summed E-state index contributed by atoms with van der Waals surface area (Å²) in [5.74, 6) is 0.986. The first-order valence-corrected chi connectivity index (χ1v) is 9.18. The Balaban J connectivity index is 1.71. The SMILES string of the molecule is Cc1cc([C@H]2NC3(CCCC3)C(=O)N2CC2CC2)c(C)n1CC#N. The van der Waals surface area contributed by atoms with Gasteiger partial charge in [0.2, 0.25) is 5.91 Å². The summed E-state index contributed by atoms with van der Waals surface area (Å²) in [6.45, 7) is 5.36. The normalized spacial score (nSPS) is 25.6. The Morgan fingerprint density at radius 3 is 2.67 bits per heavy atom. The van der Waals surface area contributed by atoms with Crippen molar-refractivity contribution in [1.29, 1.82) is 5.26 Å². The van der Waals surface area contributed by atoms with E-state index in [1.807, 2.05) is 6.92 Å². The zero-order valence-electron chi connectivity index (χ0n) is 14.6. The topological polar surface area (TPSA) is 61.1 Å². The smallest absolute Gasteiger partial charge is 0.244 e. The number of hydrogen-bond donors (Lipinski definition) is 1. The number of carbonyl (C=O) groups excluding carboxylic acids is 1. The van der Waals surface area contributed by atoms with E-state index in [1.54, 1.807) is 0 Å². The maximum atomic E-state index is 13.2. The second kappa shape index (κ2) is 5.63. The maximum Gasteiger partial charge on any atom is 0.244 e. The number of rotatable bonds is 4. The summed E-state index contributed by atoms with van der Waals surface area (Å²) in [7, 11) is 0. The van der Waals surface area contributed by atoms with Gasteiger partial charge in [-0.15, -0.1) is 0 Å². The second-order valence-electron chi connectivity index (χ2n) is 7.81. The van der Waals surface area contributed by atoms with Gasteiger partial charge >= 0.3 is 0 Å². The van der Waals surface area contributed by atoms with Gasteiger partial charge in [0.1, 0.15) is 12.7 Å². The Morgan fingerprint density at radius 1 is 1.33 bits per heavy atom. The molecule has 128 valence electrons. The number of nitrogens with zero attached hydrogens (tertiary/aromatic N) is 3. The van der Waals surface area contributed by atoms with Crippen LogP contribution in [0.5, 0.6) is 0 Å². The van der Waals surface area contributed by atoms with Crippen LogP contribution in [0.3, 0.4) is 0 Å². The average molecular weight is 326 g/mol. The van der Waals surface area contributed by atoms with Gasteiger partial charge in [0.05, 0.1) is 11.6 Å². The van der Waals surface area contributed by atoms with Crippen molar-refractivity contribution in [1.82, 2.24) is 14.8 Å². The third kappa shape index (κ3) is 2.36. The maximum absolute atomic E-state index is 13.2. The first-order valence-electron chi connectivity index (χ1n) is 9.18. The van der Waals surface area contributed by atoms with Gasteiger partial charge in [-0.3, -0.25) is 10.1 Å². The summed E-state index contributed by atoms with van der Waals surface area (Å²) in [6, 6.07) is 4.40. The highest BCUT2D eigenvalue weighted by Gasteiger charge is 2.53. The number of carbonyl (C=O) groups is 1. The lowest BCUT2D eigenvalue weighted by Gasteiger charge is -2.24. The second-order valence-corrected chi connectivity index (χ2v) is 7.81. The van der Waals surface area contributed by atoms with E-state index in [4.69, 9.17) is 5.26 Å². The van der Waals surface area contributed by atoms with Gasteiger partial charge < -0.3 is 9.47 Å². The molecule has 1 amide bonds. The van der Waals surface area contributed by atoms with Crippen molar-refractivity contribution in [2.45, 2.75) is 70.6 Å². The molecule has 24 heavy (non-hydrogen) atoms. The molecular weight excluding hydrogens is 300 g/mol. The molecule has 3 fully saturated rings. The summed E-state index contributed by atoms with van der Waals surface area (Å²) in [4.78, 5) is 15.3. The number of hydrogen-bond acceptors (Lipinski definition) is 3. The third-order valence-corrected chi connectivity index (χ3v) is 6.14. The third-order valence-electron chi connectivity index (χ3n) is 6.14. The summed E-state index contributed by atoms with van der Waals surface area (Å²) in [5, 5.41) is 12.8. The molecule has 4 rings (SSSR count). The van der Waals surface area contributed by atoms with Crippen LogP contribution in [-0.2, 0) is 11.3 Å². The first kappa shape index (κ1) is 15.7. The zero-order valence-corrected chi connectivity index (χ0v) is 14.6. The van der Waals surface area contributed by atoms with Crippen LogP contribution in [0.4, 0.5) is 0 Å². The Hall–Kier alpha value is -1.80. The first-order chi connectivity index (χ1) is 11.6. The van der Waals surface area contributed by atoms with Crippen molar-refractivity contribution >= 4 is 5.91 Å². The molecule has 1 saturated heterocycles. The van der Waals surface area contributed by atoms with Gasteiger partial charge in [-0.25, -0.2) is 0 Å². The van der Waals surface area contributed by atoms with Crippen molar-refractivity contribution in [3.63, 3.8) is 0 Å². The van der Waals surface area contributed by atoms with Crippen LogP contribution in [0, 0.1) is 31.1 Å². The number of nitrogens with one attached hydrogen (secondary N) is 1. The molecule has 1 atom stereocenters. The van der Waals surface area contributed by atoms with Gasteiger partial charge in [-0.1, -0.05) is 12.8 Å². The van der Waals surface area contributed by atoms with Crippen LogP contribution in [0.1, 0.15) is 61.6 Å². The molecule has 0 bridgehead atoms. The van der Waals surface area contributed by atoms with E-state index >= 15 is 0 Å². The van der Waals surface area contributed by atoms with Crippen molar-refractivity contribution in [3.05, 3.63) is 23.0 Å². The number of aryl methyl sites for hydroxylation is 1. The largest absolute Gasteiger partial charge is 0.335 e. The molecule has 0 unspecified atom stereocenters. The standard InChI is InChI=1S/C19H26N4O/c1-13-11-16(14(2)22(13)10-9-20)17-21-19(7-3-4-8-19)18(24)23(17)12-15-5-6-15/h11,15,17,21H,3-8,10,12H2,1-2H3/t17-/m0/s1. The fraction of sp³-hybridized carbons (Fsp3) is 0.684. The summed E-state index contributed by atoms with van der Waals surface area (Å²) in [6.07, 6.45) is 6.65. The van der Waals surface area contributed by atoms with E-state index < -0.39 is 0 Å². The molecule has 1 aromatic rings. The van der Waals surface area contributed by atoms with E-state index in [9.17, 15) is 4.79 Å². The van der Waals surface area contributed by atoms with E-state index in [-0.39, 0.29) is 11.7 Å². The quantitative estimate of drug-likeness (QED) is 0.925. The predicted molar refractivity (Wildman–Crippen MR) is 91.0 cm³/mol. The lowest BCUT2D eigenvalue weighted by molar-refractivity contribution is -0.133. The van der Waals surface area contributed by atoms with E-state index in [0.717, 1.165) is 43.6 Å². The van der Waals surface area contributed by atoms with E-state index in [0.29, 0.717) is 18.4 Å². The molecule has 1 spiro atoms. The number of aromatic nitrogens is 1. The summed E-state index contributed by atoms with van der Waals surface area (Å²) in [5.41, 5.74) is 3.03. The predicted octanol–water partition coefficient (Wildman–Crippen LogP) is 2.78. The van der Waals surface area contributed by atoms with Gasteiger partial charge in [0.25, 0.3) is 0 Å². The summed E-state index contributed by atoms with van der Waals surface area (Å²) < 4.78 is 2.05. The Morgan fingerprint density at radius 2 is 2.04 bits per heavy atom. The zero-order chi connectivity index (χ0) is 16.9. The minimum absolute atomic E-state index is 0.0326. The molecule has 3 aliphatic rings. The Kier molecular flexibility index (Phi) is 3.69. The highest BCUT2D eigenvalue weighted by molar-refractivity contribution is 5.89. The molecule has 1 aromatic heterocycles. The molecule has 2 heterocycles. The average Bonchev–Trinajstić information content (AvgIpc) is 3.10. The fourth-order valence-electron chi connectivity index (χ4n) is 4.56. The summed E-state index contributed by atoms with van der Waals surface area (Å²) >= 11 is 0. The molecule has 2 saturated carbocycles. The number of nitriles is 1.